The van der Waals surface area contributed by atoms with Crippen molar-refractivity contribution in [2.75, 3.05) is 13.1 Å². The van der Waals surface area contributed by atoms with Crippen LogP contribution in [0.3, 0.4) is 0 Å². The van der Waals surface area contributed by atoms with Gasteiger partial charge in [0.05, 0.1) is 0 Å². The molecule has 17 heavy (non-hydrogen) atoms. The maximum atomic E-state index is 3.66. The summed E-state index contributed by atoms with van der Waals surface area (Å²) in [6.07, 6.45) is 8.10. The summed E-state index contributed by atoms with van der Waals surface area (Å²) < 4.78 is 0. The topological polar surface area (TPSA) is 12.0 Å². The minimum absolute atomic E-state index is 0.452. The molecule has 0 bridgehead atoms. The smallest absolute Gasteiger partial charge is 0.00778 e. The van der Waals surface area contributed by atoms with Crippen LogP contribution >= 0.6 is 0 Å². The number of rotatable bonds is 7. The van der Waals surface area contributed by atoms with Crippen LogP contribution < -0.4 is 5.32 Å². The summed E-state index contributed by atoms with van der Waals surface area (Å²) in [6, 6.07) is 11.1. The SMILES string of the molecule is CCCCCNCC1(c2ccccc2)CCC1. The van der Waals surface area contributed by atoms with Crippen LogP contribution in [0, 0.1) is 0 Å². The van der Waals surface area contributed by atoms with Crippen molar-refractivity contribution in [1.29, 1.82) is 0 Å². The van der Waals surface area contributed by atoms with Crippen molar-refractivity contribution in [2.45, 2.75) is 50.9 Å². The number of benzene rings is 1. The molecule has 0 saturated heterocycles. The summed E-state index contributed by atoms with van der Waals surface area (Å²) in [7, 11) is 0. The Balaban J connectivity index is 1.84. The van der Waals surface area contributed by atoms with Gasteiger partial charge in [0, 0.05) is 12.0 Å². The van der Waals surface area contributed by atoms with Gasteiger partial charge < -0.3 is 5.32 Å². The molecule has 2 rings (SSSR count). The van der Waals surface area contributed by atoms with E-state index in [1.54, 1.807) is 0 Å². The first-order valence-corrected chi connectivity index (χ1v) is 7.14. The highest BCUT2D eigenvalue weighted by Gasteiger charge is 2.37. The largest absolute Gasteiger partial charge is 0.316 e. The lowest BCUT2D eigenvalue weighted by molar-refractivity contribution is 0.233. The summed E-state index contributed by atoms with van der Waals surface area (Å²) in [5.41, 5.74) is 1.99. The zero-order valence-electron chi connectivity index (χ0n) is 11.0. The predicted molar refractivity (Wildman–Crippen MR) is 74.4 cm³/mol. The average molecular weight is 231 g/mol. The zero-order valence-corrected chi connectivity index (χ0v) is 11.0. The zero-order chi connectivity index (χ0) is 12.0. The van der Waals surface area contributed by atoms with Gasteiger partial charge in [-0.25, -0.2) is 0 Å². The van der Waals surface area contributed by atoms with Gasteiger partial charge in [-0.3, -0.25) is 0 Å². The Morgan fingerprint density at radius 1 is 1.12 bits per heavy atom. The van der Waals surface area contributed by atoms with E-state index >= 15 is 0 Å². The fourth-order valence-corrected chi connectivity index (χ4v) is 2.79. The van der Waals surface area contributed by atoms with Gasteiger partial charge in [0.15, 0.2) is 0 Å². The lowest BCUT2D eigenvalue weighted by atomic mass is 9.64. The number of hydrogen-bond donors (Lipinski definition) is 1. The van der Waals surface area contributed by atoms with Crippen molar-refractivity contribution >= 4 is 0 Å². The van der Waals surface area contributed by atoms with Crippen LogP contribution in [0.1, 0.15) is 51.0 Å². The van der Waals surface area contributed by atoms with E-state index in [4.69, 9.17) is 0 Å². The highest BCUT2D eigenvalue weighted by atomic mass is 14.9. The Labute approximate surface area is 106 Å². The van der Waals surface area contributed by atoms with Gasteiger partial charge in [0.25, 0.3) is 0 Å². The molecule has 1 aliphatic carbocycles. The second-order valence-corrected chi connectivity index (χ2v) is 5.38. The standard InChI is InChI=1S/C16H25N/c1-2-3-7-13-17-14-16(11-8-12-16)15-9-5-4-6-10-15/h4-6,9-10,17H,2-3,7-8,11-14H2,1H3. The Morgan fingerprint density at radius 3 is 2.47 bits per heavy atom. The van der Waals surface area contributed by atoms with Crippen LogP contribution in [0.5, 0.6) is 0 Å². The molecule has 1 aliphatic rings. The van der Waals surface area contributed by atoms with Gasteiger partial charge >= 0.3 is 0 Å². The average Bonchev–Trinajstić information content (AvgIpc) is 2.33. The van der Waals surface area contributed by atoms with Crippen molar-refractivity contribution in [3.63, 3.8) is 0 Å². The third kappa shape index (κ3) is 3.10. The second kappa shape index (κ2) is 6.20. The second-order valence-electron chi connectivity index (χ2n) is 5.38. The van der Waals surface area contributed by atoms with E-state index in [1.807, 2.05) is 0 Å². The third-order valence-electron chi connectivity index (χ3n) is 4.12. The van der Waals surface area contributed by atoms with Gasteiger partial charge in [-0.15, -0.1) is 0 Å². The number of unbranched alkanes of at least 4 members (excludes halogenated alkanes) is 2. The predicted octanol–water partition coefficient (Wildman–Crippen LogP) is 3.89. The maximum absolute atomic E-state index is 3.66. The Hall–Kier alpha value is -0.820. The third-order valence-corrected chi connectivity index (χ3v) is 4.12. The molecule has 0 heterocycles. The highest BCUT2D eigenvalue weighted by Crippen LogP contribution is 2.43. The van der Waals surface area contributed by atoms with Gasteiger partial charge in [-0.05, 0) is 31.4 Å². The molecule has 1 saturated carbocycles. The molecular formula is C16H25N. The first-order chi connectivity index (χ1) is 8.37. The molecule has 1 N–H and O–H groups in total. The quantitative estimate of drug-likeness (QED) is 0.702. The molecule has 0 unspecified atom stereocenters. The Kier molecular flexibility index (Phi) is 4.61. The van der Waals surface area contributed by atoms with E-state index < -0.39 is 0 Å². The fourth-order valence-electron chi connectivity index (χ4n) is 2.79. The monoisotopic (exact) mass is 231 g/mol. The van der Waals surface area contributed by atoms with E-state index in [0.717, 1.165) is 0 Å². The van der Waals surface area contributed by atoms with Crippen LogP contribution in [-0.2, 0) is 5.41 Å². The van der Waals surface area contributed by atoms with Crippen LogP contribution in [0.2, 0.25) is 0 Å². The molecular weight excluding hydrogens is 206 g/mol. The molecule has 1 fully saturated rings. The maximum Gasteiger partial charge on any atom is 0.00778 e. The molecule has 0 aromatic heterocycles. The summed E-state index contributed by atoms with van der Waals surface area (Å²) in [6.45, 7) is 4.61. The first-order valence-electron chi connectivity index (χ1n) is 7.14. The van der Waals surface area contributed by atoms with Gasteiger partial charge in [-0.2, -0.15) is 0 Å². The van der Waals surface area contributed by atoms with Gasteiger partial charge in [-0.1, -0.05) is 56.5 Å². The molecule has 0 aliphatic heterocycles. The molecule has 1 heteroatoms. The van der Waals surface area contributed by atoms with Crippen LogP contribution in [0.4, 0.5) is 0 Å². The Bertz CT molecular complexity index is 314. The molecule has 1 aromatic rings. The summed E-state index contributed by atoms with van der Waals surface area (Å²) >= 11 is 0. The summed E-state index contributed by atoms with van der Waals surface area (Å²) in [5, 5.41) is 3.66. The number of hydrogen-bond acceptors (Lipinski definition) is 1. The molecule has 1 aromatic carbocycles. The number of nitrogens with one attached hydrogen (secondary N) is 1. The summed E-state index contributed by atoms with van der Waals surface area (Å²) in [4.78, 5) is 0. The lowest BCUT2D eigenvalue weighted by Gasteiger charge is -2.43. The molecule has 1 nitrogen and oxygen atoms in total. The molecule has 0 amide bonds. The minimum atomic E-state index is 0.452. The van der Waals surface area contributed by atoms with E-state index in [1.165, 1.54) is 57.2 Å². The van der Waals surface area contributed by atoms with Crippen LogP contribution in [0.25, 0.3) is 0 Å². The molecule has 0 radical (unpaired) electrons. The van der Waals surface area contributed by atoms with Gasteiger partial charge in [0.2, 0.25) is 0 Å². The van der Waals surface area contributed by atoms with Crippen molar-refractivity contribution in [2.24, 2.45) is 0 Å². The van der Waals surface area contributed by atoms with Crippen LogP contribution in [0.15, 0.2) is 30.3 Å². The van der Waals surface area contributed by atoms with Crippen molar-refractivity contribution < 1.29 is 0 Å². The van der Waals surface area contributed by atoms with Crippen LogP contribution in [-0.4, -0.2) is 13.1 Å². The van der Waals surface area contributed by atoms with Crippen molar-refractivity contribution in [1.82, 2.24) is 5.32 Å². The van der Waals surface area contributed by atoms with E-state index in [9.17, 15) is 0 Å². The van der Waals surface area contributed by atoms with E-state index in [-0.39, 0.29) is 0 Å². The summed E-state index contributed by atoms with van der Waals surface area (Å²) in [5.74, 6) is 0. The molecule has 94 valence electrons. The van der Waals surface area contributed by atoms with E-state index in [2.05, 4.69) is 42.6 Å². The lowest BCUT2D eigenvalue weighted by Crippen LogP contribution is -2.44. The van der Waals surface area contributed by atoms with Crippen molar-refractivity contribution in [3.05, 3.63) is 35.9 Å². The van der Waals surface area contributed by atoms with Gasteiger partial charge in [0.1, 0.15) is 0 Å². The highest BCUT2D eigenvalue weighted by molar-refractivity contribution is 5.28. The normalized spacial score (nSPS) is 17.7. The Morgan fingerprint density at radius 2 is 1.88 bits per heavy atom. The minimum Gasteiger partial charge on any atom is -0.316 e. The van der Waals surface area contributed by atoms with E-state index in [0.29, 0.717) is 5.41 Å². The van der Waals surface area contributed by atoms with Crippen molar-refractivity contribution in [3.8, 4) is 0 Å². The fraction of sp³-hybridized carbons (Fsp3) is 0.625. The molecule has 0 atom stereocenters. The molecule has 0 spiro atoms. The first kappa shape index (κ1) is 12.6.